The lowest BCUT2D eigenvalue weighted by atomic mass is 10.1. The number of amides is 2. The summed E-state index contributed by atoms with van der Waals surface area (Å²) in [5.74, 6) is 0.0257. The van der Waals surface area contributed by atoms with Gasteiger partial charge in [-0.1, -0.05) is 35.9 Å². The Bertz CT molecular complexity index is 1190. The summed E-state index contributed by atoms with van der Waals surface area (Å²) in [7, 11) is 0. The van der Waals surface area contributed by atoms with Crippen molar-refractivity contribution >= 4 is 57.3 Å². The van der Waals surface area contributed by atoms with Crippen molar-refractivity contribution in [3.8, 4) is 0 Å². The quantitative estimate of drug-likeness (QED) is 0.360. The minimum Gasteiger partial charge on any atom is -0.459 e. The Morgan fingerprint density at radius 1 is 0.867 bits per heavy atom. The maximum Gasteiger partial charge on any atom is 0.291 e. The molecule has 4 aromatic rings. The summed E-state index contributed by atoms with van der Waals surface area (Å²) in [5, 5.41) is 8.26. The number of hydrogen-bond donors (Lipinski definition) is 2. The number of furan rings is 1. The van der Waals surface area contributed by atoms with Gasteiger partial charge in [0.25, 0.3) is 5.91 Å². The average molecular weight is 437 g/mol. The minimum atomic E-state index is -0.332. The molecule has 0 saturated heterocycles. The first-order valence-electron chi connectivity index (χ1n) is 9.15. The molecule has 4 rings (SSSR count). The summed E-state index contributed by atoms with van der Waals surface area (Å²) < 4.78 is 5.06. The molecule has 3 aromatic carbocycles. The van der Waals surface area contributed by atoms with Crippen molar-refractivity contribution in [3.63, 3.8) is 0 Å². The maximum atomic E-state index is 12.4. The molecule has 1 aromatic heterocycles. The fraction of sp³-hybridized carbons (Fsp3) is 0.0435. The summed E-state index contributed by atoms with van der Waals surface area (Å²) >= 11 is 7.78. The van der Waals surface area contributed by atoms with E-state index in [1.807, 2.05) is 36.4 Å². The number of carbonyl (C=O) groups is 2. The van der Waals surface area contributed by atoms with Crippen LogP contribution in [0.3, 0.4) is 0 Å². The van der Waals surface area contributed by atoms with Crippen LogP contribution in [0.5, 0.6) is 0 Å². The lowest BCUT2D eigenvalue weighted by molar-refractivity contribution is -0.113. The van der Waals surface area contributed by atoms with Crippen molar-refractivity contribution in [2.75, 3.05) is 16.4 Å². The molecule has 0 radical (unpaired) electrons. The van der Waals surface area contributed by atoms with Crippen molar-refractivity contribution in [3.05, 3.63) is 89.8 Å². The molecule has 1 heterocycles. The van der Waals surface area contributed by atoms with E-state index in [1.165, 1.54) is 18.0 Å². The van der Waals surface area contributed by atoms with Crippen LogP contribution in [-0.4, -0.2) is 17.6 Å². The molecule has 7 heteroatoms. The summed E-state index contributed by atoms with van der Waals surface area (Å²) in [6.07, 6.45) is 1.44. The number of hydrogen-bond acceptors (Lipinski definition) is 4. The molecule has 2 amide bonds. The van der Waals surface area contributed by atoms with Gasteiger partial charge in [0.1, 0.15) is 0 Å². The molecule has 0 aliphatic carbocycles. The molecule has 5 nitrogen and oxygen atoms in total. The molecule has 30 heavy (non-hydrogen) atoms. The zero-order valence-corrected chi connectivity index (χ0v) is 17.3. The molecule has 0 aliphatic heterocycles. The third-order valence-corrected chi connectivity index (χ3v) is 5.72. The van der Waals surface area contributed by atoms with Gasteiger partial charge >= 0.3 is 0 Å². The Morgan fingerprint density at radius 2 is 1.57 bits per heavy atom. The van der Waals surface area contributed by atoms with E-state index in [0.29, 0.717) is 16.4 Å². The van der Waals surface area contributed by atoms with Crippen LogP contribution in [0.25, 0.3) is 10.8 Å². The van der Waals surface area contributed by atoms with Gasteiger partial charge in [-0.3, -0.25) is 9.59 Å². The van der Waals surface area contributed by atoms with E-state index in [1.54, 1.807) is 36.4 Å². The molecular weight excluding hydrogens is 420 g/mol. The van der Waals surface area contributed by atoms with Crippen molar-refractivity contribution < 1.29 is 14.0 Å². The van der Waals surface area contributed by atoms with Gasteiger partial charge < -0.3 is 15.1 Å². The number of fused-ring (bicyclic) bond motifs is 1. The minimum absolute atomic E-state index is 0.128. The Balaban J connectivity index is 1.35. The van der Waals surface area contributed by atoms with E-state index in [0.717, 1.165) is 15.7 Å². The van der Waals surface area contributed by atoms with E-state index in [4.69, 9.17) is 16.0 Å². The highest BCUT2D eigenvalue weighted by Crippen LogP contribution is 2.33. The van der Waals surface area contributed by atoms with Crippen molar-refractivity contribution in [2.24, 2.45) is 0 Å². The van der Waals surface area contributed by atoms with Crippen molar-refractivity contribution in [1.29, 1.82) is 0 Å². The zero-order chi connectivity index (χ0) is 20.9. The van der Waals surface area contributed by atoms with E-state index in [9.17, 15) is 9.59 Å². The number of rotatable bonds is 6. The number of anilines is 2. The number of benzene rings is 3. The first-order valence-corrected chi connectivity index (χ1v) is 10.5. The molecular formula is C23H17ClN2O3S. The lowest BCUT2D eigenvalue weighted by Gasteiger charge is -2.09. The first kappa shape index (κ1) is 20.1. The fourth-order valence-corrected chi connectivity index (χ4v) is 4.21. The predicted octanol–water partition coefficient (Wildman–Crippen LogP) is 6.07. The summed E-state index contributed by atoms with van der Waals surface area (Å²) in [6.45, 7) is 0. The van der Waals surface area contributed by atoms with E-state index < -0.39 is 0 Å². The summed E-state index contributed by atoms with van der Waals surface area (Å²) in [6, 6.07) is 21.8. The monoisotopic (exact) mass is 436 g/mol. The van der Waals surface area contributed by atoms with E-state index >= 15 is 0 Å². The van der Waals surface area contributed by atoms with Crippen LogP contribution in [0.4, 0.5) is 11.4 Å². The SMILES string of the molecule is O=C(CSc1cccc2cccc(Cl)c12)Nc1ccc(NC(=O)c2ccco2)cc1. The Morgan fingerprint density at radius 3 is 2.27 bits per heavy atom. The second kappa shape index (κ2) is 9.07. The van der Waals surface area contributed by atoms with Crippen molar-refractivity contribution in [2.45, 2.75) is 4.90 Å². The van der Waals surface area contributed by atoms with Gasteiger partial charge in [-0.25, -0.2) is 0 Å². The number of thioether (sulfide) groups is 1. The van der Waals surface area contributed by atoms with Crippen LogP contribution in [0.2, 0.25) is 5.02 Å². The van der Waals surface area contributed by atoms with Gasteiger partial charge in [-0.2, -0.15) is 0 Å². The number of halogens is 1. The summed E-state index contributed by atoms with van der Waals surface area (Å²) in [5.41, 5.74) is 1.25. The number of nitrogens with one attached hydrogen (secondary N) is 2. The van der Waals surface area contributed by atoms with E-state index in [-0.39, 0.29) is 23.3 Å². The standard InChI is InChI=1S/C23H17ClN2O3S/c24-18-6-1-4-15-5-2-8-20(22(15)18)30-14-21(27)25-16-9-11-17(12-10-16)26-23(28)19-7-3-13-29-19/h1-13H,14H2,(H,25,27)(H,26,28). The van der Waals surface area contributed by atoms with Crippen LogP contribution in [0, 0.1) is 0 Å². The Labute approximate surface area is 182 Å². The van der Waals surface area contributed by atoms with Crippen LogP contribution in [-0.2, 0) is 4.79 Å². The van der Waals surface area contributed by atoms with Crippen LogP contribution < -0.4 is 10.6 Å². The smallest absolute Gasteiger partial charge is 0.291 e. The normalized spacial score (nSPS) is 10.7. The molecule has 0 fully saturated rings. The highest BCUT2D eigenvalue weighted by atomic mass is 35.5. The van der Waals surface area contributed by atoms with Gasteiger partial charge in [0.15, 0.2) is 5.76 Å². The zero-order valence-electron chi connectivity index (χ0n) is 15.7. The largest absolute Gasteiger partial charge is 0.459 e. The summed E-state index contributed by atoms with van der Waals surface area (Å²) in [4.78, 5) is 25.3. The second-order valence-corrected chi connectivity index (χ2v) is 7.86. The van der Waals surface area contributed by atoms with Crippen LogP contribution >= 0.6 is 23.4 Å². The molecule has 0 atom stereocenters. The Kier molecular flexibility index (Phi) is 6.07. The molecule has 0 aliphatic rings. The first-order chi connectivity index (χ1) is 14.6. The number of carbonyl (C=O) groups excluding carboxylic acids is 2. The molecule has 0 unspecified atom stereocenters. The van der Waals surface area contributed by atoms with Crippen LogP contribution in [0.15, 0.2) is 88.4 Å². The molecule has 2 N–H and O–H groups in total. The molecule has 150 valence electrons. The van der Waals surface area contributed by atoms with Crippen LogP contribution in [0.1, 0.15) is 10.6 Å². The van der Waals surface area contributed by atoms with Gasteiger partial charge in [0, 0.05) is 26.7 Å². The fourth-order valence-electron chi connectivity index (χ4n) is 2.96. The molecule has 0 spiro atoms. The topological polar surface area (TPSA) is 71.3 Å². The van der Waals surface area contributed by atoms with E-state index in [2.05, 4.69) is 10.6 Å². The highest BCUT2D eigenvalue weighted by molar-refractivity contribution is 8.00. The third-order valence-electron chi connectivity index (χ3n) is 4.35. The average Bonchev–Trinajstić information content (AvgIpc) is 3.29. The van der Waals surface area contributed by atoms with Gasteiger partial charge in [0.05, 0.1) is 12.0 Å². The predicted molar refractivity (Wildman–Crippen MR) is 121 cm³/mol. The van der Waals surface area contributed by atoms with Crippen molar-refractivity contribution in [1.82, 2.24) is 0 Å². The van der Waals surface area contributed by atoms with Gasteiger partial charge in [-0.05, 0) is 53.9 Å². The Hall–Kier alpha value is -3.22. The second-order valence-electron chi connectivity index (χ2n) is 6.44. The highest BCUT2D eigenvalue weighted by Gasteiger charge is 2.10. The van der Waals surface area contributed by atoms with Gasteiger partial charge in [-0.15, -0.1) is 11.8 Å². The van der Waals surface area contributed by atoms with Gasteiger partial charge in [0.2, 0.25) is 5.91 Å². The third kappa shape index (κ3) is 4.67. The molecule has 0 saturated carbocycles. The lowest BCUT2D eigenvalue weighted by Crippen LogP contribution is -2.14. The molecule has 0 bridgehead atoms. The maximum absolute atomic E-state index is 12.4.